The summed E-state index contributed by atoms with van der Waals surface area (Å²) in [5.74, 6) is -0.493. The predicted octanol–water partition coefficient (Wildman–Crippen LogP) is 3.64. The molecule has 2 atom stereocenters. The molecule has 1 saturated heterocycles. The molecule has 126 valence electrons. The zero-order valence-electron chi connectivity index (χ0n) is 14.6. The molecule has 1 aliphatic heterocycles. The van der Waals surface area contributed by atoms with Crippen molar-refractivity contribution in [1.82, 2.24) is 4.90 Å². The van der Waals surface area contributed by atoms with Crippen molar-refractivity contribution in [2.24, 2.45) is 0 Å². The van der Waals surface area contributed by atoms with Crippen LogP contribution in [0.5, 0.6) is 0 Å². The monoisotopic (exact) mass is 317 g/mol. The SMILES string of the molecule is CCC1CCCCN1C(=O)C(C)OC(=O)c1cc(C)ccc1C. The Morgan fingerprint density at radius 3 is 2.74 bits per heavy atom. The number of rotatable bonds is 4. The third-order valence-electron chi connectivity index (χ3n) is 4.63. The maximum Gasteiger partial charge on any atom is 0.339 e. The average Bonchev–Trinajstić information content (AvgIpc) is 2.56. The molecule has 4 heteroatoms. The van der Waals surface area contributed by atoms with Gasteiger partial charge in [0.2, 0.25) is 0 Å². The van der Waals surface area contributed by atoms with Crippen LogP contribution in [0.4, 0.5) is 0 Å². The third kappa shape index (κ3) is 4.12. The molecule has 0 saturated carbocycles. The summed E-state index contributed by atoms with van der Waals surface area (Å²) in [6.45, 7) is 8.35. The van der Waals surface area contributed by atoms with Crippen molar-refractivity contribution in [3.05, 3.63) is 34.9 Å². The molecule has 1 aromatic rings. The molecular weight excluding hydrogens is 290 g/mol. The number of hydrogen-bond acceptors (Lipinski definition) is 3. The van der Waals surface area contributed by atoms with Crippen LogP contribution in [-0.2, 0) is 9.53 Å². The lowest BCUT2D eigenvalue weighted by Crippen LogP contribution is -2.48. The van der Waals surface area contributed by atoms with E-state index in [1.165, 1.54) is 6.42 Å². The van der Waals surface area contributed by atoms with Gasteiger partial charge in [0, 0.05) is 12.6 Å². The standard InChI is InChI=1S/C19H27NO3/c1-5-16-8-6-7-11-20(16)18(21)15(4)23-19(22)17-12-13(2)9-10-14(17)3/h9-10,12,15-16H,5-8,11H2,1-4H3. The molecule has 0 bridgehead atoms. The van der Waals surface area contributed by atoms with E-state index in [2.05, 4.69) is 6.92 Å². The molecule has 0 aromatic heterocycles. The predicted molar refractivity (Wildman–Crippen MR) is 90.4 cm³/mol. The van der Waals surface area contributed by atoms with Crippen molar-refractivity contribution < 1.29 is 14.3 Å². The molecule has 1 aromatic carbocycles. The lowest BCUT2D eigenvalue weighted by Gasteiger charge is -2.36. The minimum atomic E-state index is -0.741. The van der Waals surface area contributed by atoms with Gasteiger partial charge < -0.3 is 9.64 Å². The van der Waals surface area contributed by atoms with Crippen LogP contribution in [0, 0.1) is 13.8 Å². The van der Waals surface area contributed by atoms with E-state index in [9.17, 15) is 9.59 Å². The van der Waals surface area contributed by atoms with Gasteiger partial charge in [0.05, 0.1) is 5.56 Å². The van der Waals surface area contributed by atoms with Gasteiger partial charge in [0.25, 0.3) is 5.91 Å². The van der Waals surface area contributed by atoms with Crippen LogP contribution in [0.15, 0.2) is 18.2 Å². The van der Waals surface area contributed by atoms with E-state index in [0.29, 0.717) is 5.56 Å². The molecule has 2 unspecified atom stereocenters. The molecule has 1 fully saturated rings. The number of nitrogens with zero attached hydrogens (tertiary/aromatic N) is 1. The van der Waals surface area contributed by atoms with Crippen LogP contribution < -0.4 is 0 Å². The number of carbonyl (C=O) groups is 2. The van der Waals surface area contributed by atoms with Gasteiger partial charge in [0.15, 0.2) is 6.10 Å². The lowest BCUT2D eigenvalue weighted by molar-refractivity contribution is -0.143. The van der Waals surface area contributed by atoms with Gasteiger partial charge in [-0.25, -0.2) is 4.79 Å². The first-order chi connectivity index (χ1) is 10.9. The van der Waals surface area contributed by atoms with Crippen molar-refractivity contribution >= 4 is 11.9 Å². The molecule has 4 nitrogen and oxygen atoms in total. The van der Waals surface area contributed by atoms with Gasteiger partial charge in [-0.05, 0) is 58.1 Å². The van der Waals surface area contributed by atoms with Gasteiger partial charge in [0.1, 0.15) is 0 Å². The summed E-state index contributed by atoms with van der Waals surface area (Å²) in [6.07, 6.45) is 3.44. The van der Waals surface area contributed by atoms with Gasteiger partial charge in [-0.15, -0.1) is 0 Å². The first kappa shape index (κ1) is 17.5. The largest absolute Gasteiger partial charge is 0.449 e. The summed E-state index contributed by atoms with van der Waals surface area (Å²) in [4.78, 5) is 26.9. The quantitative estimate of drug-likeness (QED) is 0.797. The molecule has 1 amide bonds. The van der Waals surface area contributed by atoms with Gasteiger partial charge in [-0.1, -0.05) is 24.6 Å². The van der Waals surface area contributed by atoms with E-state index in [-0.39, 0.29) is 11.9 Å². The number of carbonyl (C=O) groups excluding carboxylic acids is 2. The number of ether oxygens (including phenoxy) is 1. The van der Waals surface area contributed by atoms with Gasteiger partial charge >= 0.3 is 5.97 Å². The molecule has 0 N–H and O–H groups in total. The van der Waals surface area contributed by atoms with Crippen molar-refractivity contribution in [3.63, 3.8) is 0 Å². The second-order valence-corrected chi connectivity index (χ2v) is 6.46. The van der Waals surface area contributed by atoms with E-state index in [4.69, 9.17) is 4.74 Å². The fraction of sp³-hybridized carbons (Fsp3) is 0.579. The maximum atomic E-state index is 12.6. The molecule has 0 aliphatic carbocycles. The summed E-state index contributed by atoms with van der Waals surface area (Å²) in [6, 6.07) is 5.94. The Balaban J connectivity index is 2.05. The van der Waals surface area contributed by atoms with Crippen LogP contribution in [0.2, 0.25) is 0 Å². The second-order valence-electron chi connectivity index (χ2n) is 6.46. The van der Waals surface area contributed by atoms with Crippen molar-refractivity contribution in [2.45, 2.75) is 65.5 Å². The highest BCUT2D eigenvalue weighted by atomic mass is 16.5. The molecule has 0 spiro atoms. The fourth-order valence-corrected chi connectivity index (χ4v) is 3.18. The Bertz CT molecular complexity index is 582. The van der Waals surface area contributed by atoms with Crippen molar-refractivity contribution in [2.75, 3.05) is 6.54 Å². The Kier molecular flexibility index (Phi) is 5.80. The van der Waals surface area contributed by atoms with Gasteiger partial charge in [-0.2, -0.15) is 0 Å². The highest BCUT2D eigenvalue weighted by Gasteiger charge is 2.30. The normalized spacial score (nSPS) is 19.3. The van der Waals surface area contributed by atoms with E-state index in [1.807, 2.05) is 36.9 Å². The number of hydrogen-bond donors (Lipinski definition) is 0. The van der Waals surface area contributed by atoms with Crippen LogP contribution in [-0.4, -0.2) is 35.5 Å². The molecular formula is C19H27NO3. The van der Waals surface area contributed by atoms with E-state index in [1.54, 1.807) is 6.92 Å². The Morgan fingerprint density at radius 2 is 2.04 bits per heavy atom. The molecule has 2 rings (SSSR count). The van der Waals surface area contributed by atoms with Crippen LogP contribution in [0.1, 0.15) is 61.0 Å². The Morgan fingerprint density at radius 1 is 1.30 bits per heavy atom. The van der Waals surface area contributed by atoms with E-state index in [0.717, 1.165) is 36.9 Å². The Hall–Kier alpha value is -1.84. The van der Waals surface area contributed by atoms with E-state index >= 15 is 0 Å². The minimum absolute atomic E-state index is 0.0739. The number of likely N-dealkylation sites (tertiary alicyclic amines) is 1. The Labute approximate surface area is 138 Å². The van der Waals surface area contributed by atoms with Crippen LogP contribution in [0.3, 0.4) is 0 Å². The van der Waals surface area contributed by atoms with Crippen LogP contribution >= 0.6 is 0 Å². The van der Waals surface area contributed by atoms with Crippen LogP contribution in [0.25, 0.3) is 0 Å². The number of esters is 1. The fourth-order valence-electron chi connectivity index (χ4n) is 3.18. The smallest absolute Gasteiger partial charge is 0.339 e. The summed E-state index contributed by atoms with van der Waals surface area (Å²) in [7, 11) is 0. The summed E-state index contributed by atoms with van der Waals surface area (Å²) in [5, 5.41) is 0. The number of aryl methyl sites for hydroxylation is 2. The average molecular weight is 317 g/mol. The summed E-state index contributed by atoms with van der Waals surface area (Å²) in [5.41, 5.74) is 2.41. The molecule has 1 aliphatic rings. The molecule has 1 heterocycles. The third-order valence-corrected chi connectivity index (χ3v) is 4.63. The number of piperidine rings is 1. The molecule has 23 heavy (non-hydrogen) atoms. The highest BCUT2D eigenvalue weighted by Crippen LogP contribution is 2.21. The first-order valence-electron chi connectivity index (χ1n) is 8.52. The maximum absolute atomic E-state index is 12.6. The second kappa shape index (κ2) is 7.62. The minimum Gasteiger partial charge on any atom is -0.449 e. The number of amides is 1. The summed E-state index contributed by atoms with van der Waals surface area (Å²) >= 11 is 0. The zero-order chi connectivity index (χ0) is 17.0. The number of benzene rings is 1. The zero-order valence-corrected chi connectivity index (χ0v) is 14.6. The van der Waals surface area contributed by atoms with E-state index < -0.39 is 12.1 Å². The molecule has 0 radical (unpaired) electrons. The van der Waals surface area contributed by atoms with Gasteiger partial charge in [-0.3, -0.25) is 4.79 Å². The lowest BCUT2D eigenvalue weighted by atomic mass is 9.99. The first-order valence-corrected chi connectivity index (χ1v) is 8.52. The van der Waals surface area contributed by atoms with Crippen molar-refractivity contribution in [1.29, 1.82) is 0 Å². The topological polar surface area (TPSA) is 46.6 Å². The summed E-state index contributed by atoms with van der Waals surface area (Å²) < 4.78 is 5.45. The van der Waals surface area contributed by atoms with Crippen molar-refractivity contribution in [3.8, 4) is 0 Å². The highest BCUT2D eigenvalue weighted by molar-refractivity contribution is 5.93.